The number of benzene rings is 2. The number of likely N-dealkylation sites (N-methyl/N-ethyl adjacent to an activating group) is 1. The van der Waals surface area contributed by atoms with Crippen molar-refractivity contribution in [1.82, 2.24) is 5.01 Å². The minimum atomic E-state index is -0.913. The van der Waals surface area contributed by atoms with E-state index >= 15 is 0 Å². The van der Waals surface area contributed by atoms with Gasteiger partial charge in [-0.05, 0) is 31.2 Å². The topological polar surface area (TPSA) is 85.7 Å². The van der Waals surface area contributed by atoms with E-state index in [-0.39, 0.29) is 12.5 Å². The molecule has 2 aliphatic rings. The minimum Gasteiger partial charge on any atom is -0.314 e. The number of nitrogens with zero attached hydrogens (tertiary/aromatic N) is 5. The van der Waals surface area contributed by atoms with Crippen LogP contribution in [0.4, 0.5) is 11.4 Å². The van der Waals surface area contributed by atoms with Gasteiger partial charge >= 0.3 is 0 Å². The molecule has 2 aromatic rings. The molecule has 0 unspecified atom stereocenters. The Kier molecular flexibility index (Phi) is 4.38. The Hall–Kier alpha value is -3.55. The number of amides is 3. The fourth-order valence-electron chi connectivity index (χ4n) is 3.34. The van der Waals surface area contributed by atoms with Crippen LogP contribution < -0.4 is 9.80 Å². The fraction of sp³-hybridized carbons (Fsp3) is 0.250. The molecule has 0 N–H and O–H groups in total. The van der Waals surface area contributed by atoms with Crippen LogP contribution in [0, 0.1) is 6.92 Å². The minimum absolute atomic E-state index is 0.142. The summed E-state index contributed by atoms with van der Waals surface area (Å²) in [7, 11) is 1.66. The van der Waals surface area contributed by atoms with Gasteiger partial charge in [-0.3, -0.25) is 19.4 Å². The van der Waals surface area contributed by atoms with Crippen LogP contribution in [-0.4, -0.2) is 48.4 Å². The Balaban J connectivity index is 1.52. The lowest BCUT2D eigenvalue weighted by Crippen LogP contribution is -2.45. The second-order valence-electron chi connectivity index (χ2n) is 6.83. The van der Waals surface area contributed by atoms with Crippen LogP contribution in [0.1, 0.15) is 5.56 Å². The summed E-state index contributed by atoms with van der Waals surface area (Å²) < 4.78 is 0. The first-order chi connectivity index (χ1) is 13.5. The normalized spacial score (nSPS) is 20.6. The maximum absolute atomic E-state index is 12.9. The Morgan fingerprint density at radius 3 is 2.39 bits per heavy atom. The van der Waals surface area contributed by atoms with Crippen LogP contribution in [0.25, 0.3) is 0 Å². The number of imide groups is 1. The summed E-state index contributed by atoms with van der Waals surface area (Å²) in [4.78, 5) is 40.9. The Bertz CT molecular complexity index is 958. The molecule has 0 aliphatic carbocycles. The third-order valence-electron chi connectivity index (χ3n) is 4.96. The summed E-state index contributed by atoms with van der Waals surface area (Å²) in [5.41, 5.74) is 2.26. The Morgan fingerprint density at radius 2 is 1.71 bits per heavy atom. The molecule has 1 saturated heterocycles. The standard InChI is InChI=1S/C20H19N5O3/c1-13-8-10-15(11-9-13)25-19(27)17-18(20(25)28)24(22-21-17)12-16(26)23(2)14-6-4-3-5-7-14/h3-11,17-18H,12H2,1-2H3/t17-,18-/m0/s1. The highest BCUT2D eigenvalue weighted by Crippen LogP contribution is 2.32. The molecule has 3 amide bonds. The molecule has 2 aromatic carbocycles. The van der Waals surface area contributed by atoms with Crippen molar-refractivity contribution >= 4 is 29.1 Å². The smallest absolute Gasteiger partial charge is 0.263 e. The monoisotopic (exact) mass is 377 g/mol. The Morgan fingerprint density at radius 1 is 1.04 bits per heavy atom. The van der Waals surface area contributed by atoms with Gasteiger partial charge in [0.1, 0.15) is 6.54 Å². The Labute approximate surface area is 162 Å². The van der Waals surface area contributed by atoms with Crippen molar-refractivity contribution in [1.29, 1.82) is 0 Å². The first-order valence-corrected chi connectivity index (χ1v) is 8.91. The third-order valence-corrected chi connectivity index (χ3v) is 4.96. The highest BCUT2D eigenvalue weighted by atomic mass is 16.2. The van der Waals surface area contributed by atoms with E-state index in [9.17, 15) is 14.4 Å². The van der Waals surface area contributed by atoms with E-state index in [4.69, 9.17) is 0 Å². The van der Waals surface area contributed by atoms with Crippen molar-refractivity contribution < 1.29 is 14.4 Å². The van der Waals surface area contributed by atoms with E-state index in [2.05, 4.69) is 10.3 Å². The average molecular weight is 377 g/mol. The van der Waals surface area contributed by atoms with Crippen molar-refractivity contribution in [3.8, 4) is 0 Å². The van der Waals surface area contributed by atoms with Crippen molar-refractivity contribution in [2.24, 2.45) is 10.3 Å². The van der Waals surface area contributed by atoms with E-state index in [1.54, 1.807) is 19.2 Å². The zero-order chi connectivity index (χ0) is 19.8. The van der Waals surface area contributed by atoms with Crippen molar-refractivity contribution in [3.05, 3.63) is 60.2 Å². The van der Waals surface area contributed by atoms with Gasteiger partial charge < -0.3 is 4.90 Å². The van der Waals surface area contributed by atoms with Crippen molar-refractivity contribution in [2.45, 2.75) is 19.0 Å². The molecule has 4 rings (SSSR count). The SMILES string of the molecule is Cc1ccc(N2C(=O)[C@H]3N=NN(CC(=O)N(C)c4ccccc4)[C@@H]3C2=O)cc1. The quantitative estimate of drug-likeness (QED) is 0.762. The summed E-state index contributed by atoms with van der Waals surface area (Å²) in [5, 5.41) is 9.19. The number of carbonyl (C=O) groups excluding carboxylic acids is 3. The maximum Gasteiger partial charge on any atom is 0.263 e. The highest BCUT2D eigenvalue weighted by Gasteiger charge is 2.55. The van der Waals surface area contributed by atoms with Gasteiger partial charge in [0.05, 0.1) is 5.69 Å². The highest BCUT2D eigenvalue weighted by molar-refractivity contribution is 6.25. The fourth-order valence-corrected chi connectivity index (χ4v) is 3.34. The maximum atomic E-state index is 12.9. The molecule has 0 bridgehead atoms. The van der Waals surface area contributed by atoms with Gasteiger partial charge in [0.25, 0.3) is 11.8 Å². The van der Waals surface area contributed by atoms with E-state index in [0.29, 0.717) is 5.69 Å². The predicted octanol–water partition coefficient (Wildman–Crippen LogP) is 1.95. The number of carbonyl (C=O) groups is 3. The van der Waals surface area contributed by atoms with E-state index in [1.165, 1.54) is 9.91 Å². The van der Waals surface area contributed by atoms with Gasteiger partial charge in [-0.25, -0.2) is 4.90 Å². The molecule has 1 fully saturated rings. The summed E-state index contributed by atoms with van der Waals surface area (Å²) in [6.07, 6.45) is 0. The number of para-hydroxylation sites is 1. The summed E-state index contributed by atoms with van der Waals surface area (Å²) in [6.45, 7) is 1.79. The van der Waals surface area contributed by atoms with Crippen LogP contribution in [0.15, 0.2) is 64.9 Å². The molecular formula is C20H19N5O3. The zero-order valence-electron chi connectivity index (χ0n) is 15.5. The lowest BCUT2D eigenvalue weighted by molar-refractivity contribution is -0.124. The molecule has 0 saturated carbocycles. The molecule has 0 radical (unpaired) electrons. The van der Waals surface area contributed by atoms with Gasteiger partial charge in [-0.2, -0.15) is 5.11 Å². The molecule has 0 spiro atoms. The van der Waals surface area contributed by atoms with Gasteiger partial charge in [0.15, 0.2) is 12.1 Å². The molecule has 142 valence electrons. The molecule has 2 heterocycles. The average Bonchev–Trinajstić information content (AvgIpc) is 3.23. The summed E-state index contributed by atoms with van der Waals surface area (Å²) in [5.74, 6) is -1.09. The van der Waals surface area contributed by atoms with E-state index < -0.39 is 23.9 Å². The number of rotatable bonds is 4. The third kappa shape index (κ3) is 2.92. The molecule has 8 heteroatoms. The lowest BCUT2D eigenvalue weighted by atomic mass is 10.1. The van der Waals surface area contributed by atoms with Crippen LogP contribution in [0.3, 0.4) is 0 Å². The second-order valence-corrected chi connectivity index (χ2v) is 6.83. The number of hydrogen-bond donors (Lipinski definition) is 0. The van der Waals surface area contributed by atoms with E-state index in [1.807, 2.05) is 49.4 Å². The van der Waals surface area contributed by atoms with E-state index in [0.717, 1.165) is 16.2 Å². The van der Waals surface area contributed by atoms with Gasteiger partial charge in [-0.15, -0.1) is 0 Å². The van der Waals surface area contributed by atoms with Crippen molar-refractivity contribution in [3.63, 3.8) is 0 Å². The molecule has 2 aliphatic heterocycles. The van der Waals surface area contributed by atoms with Gasteiger partial charge in [0.2, 0.25) is 5.91 Å². The molecular weight excluding hydrogens is 358 g/mol. The molecule has 8 nitrogen and oxygen atoms in total. The molecule has 0 aromatic heterocycles. The number of hydrogen-bond acceptors (Lipinski definition) is 6. The van der Waals surface area contributed by atoms with Crippen LogP contribution in [0.5, 0.6) is 0 Å². The number of aryl methyl sites for hydroxylation is 1. The number of anilines is 2. The zero-order valence-corrected chi connectivity index (χ0v) is 15.5. The lowest BCUT2D eigenvalue weighted by Gasteiger charge is -2.23. The van der Waals surface area contributed by atoms with Crippen LogP contribution in [0.2, 0.25) is 0 Å². The van der Waals surface area contributed by atoms with Gasteiger partial charge in [-0.1, -0.05) is 41.1 Å². The summed E-state index contributed by atoms with van der Waals surface area (Å²) in [6, 6.07) is 14.5. The largest absolute Gasteiger partial charge is 0.314 e. The molecule has 28 heavy (non-hydrogen) atoms. The second kappa shape index (κ2) is 6.88. The number of fused-ring (bicyclic) bond motifs is 1. The molecule has 2 atom stereocenters. The first kappa shape index (κ1) is 17.8. The first-order valence-electron chi connectivity index (χ1n) is 8.91. The van der Waals surface area contributed by atoms with Gasteiger partial charge in [0, 0.05) is 12.7 Å². The van der Waals surface area contributed by atoms with Crippen LogP contribution in [-0.2, 0) is 14.4 Å². The summed E-state index contributed by atoms with van der Waals surface area (Å²) >= 11 is 0. The van der Waals surface area contributed by atoms with Crippen molar-refractivity contribution in [2.75, 3.05) is 23.4 Å². The van der Waals surface area contributed by atoms with Crippen LogP contribution >= 0.6 is 0 Å². The predicted molar refractivity (Wildman–Crippen MR) is 103 cm³/mol.